The van der Waals surface area contributed by atoms with E-state index in [1.165, 1.54) is 0 Å². The summed E-state index contributed by atoms with van der Waals surface area (Å²) in [4.78, 5) is 26.8. The summed E-state index contributed by atoms with van der Waals surface area (Å²) in [6, 6.07) is 7.33. The van der Waals surface area contributed by atoms with Gasteiger partial charge in [0.2, 0.25) is 0 Å². The van der Waals surface area contributed by atoms with Crippen LogP contribution in [0.4, 0.5) is 4.79 Å². The lowest BCUT2D eigenvalue weighted by Gasteiger charge is -2.24. The average molecular weight is 392 g/mol. The minimum atomic E-state index is -0.342. The van der Waals surface area contributed by atoms with E-state index in [1.54, 1.807) is 11.0 Å². The summed E-state index contributed by atoms with van der Waals surface area (Å²) in [5.74, 6) is 0.215. The largest absolute Gasteiger partial charge is 0.462 e. The maximum atomic E-state index is 12.6. The molecular weight excluding hydrogens is 354 g/mol. The van der Waals surface area contributed by atoms with Crippen molar-refractivity contribution in [1.82, 2.24) is 4.90 Å². The summed E-state index contributed by atoms with van der Waals surface area (Å²) in [6.07, 6.45) is 3.96. The van der Waals surface area contributed by atoms with E-state index in [0.29, 0.717) is 31.9 Å². The van der Waals surface area contributed by atoms with Gasteiger partial charge in [-0.25, -0.2) is 9.59 Å². The lowest BCUT2D eigenvalue weighted by molar-refractivity contribution is 0.0454. The number of amides is 1. The molecule has 5 heteroatoms. The first kappa shape index (κ1) is 24.0. The quantitative estimate of drug-likeness (QED) is 0.340. The molecule has 0 atom stereocenters. The van der Waals surface area contributed by atoms with Crippen molar-refractivity contribution in [2.24, 2.45) is 11.8 Å². The summed E-state index contributed by atoms with van der Waals surface area (Å²) in [7, 11) is 0. The summed E-state index contributed by atoms with van der Waals surface area (Å²) in [5, 5.41) is 0. The Bertz CT molecular complexity index is 598. The Kier molecular flexibility index (Phi) is 11.3. The van der Waals surface area contributed by atoms with Crippen molar-refractivity contribution < 1.29 is 19.1 Å². The Morgan fingerprint density at radius 2 is 1.57 bits per heavy atom. The lowest BCUT2D eigenvalue weighted by Crippen LogP contribution is -2.33. The molecule has 0 saturated carbocycles. The fourth-order valence-electron chi connectivity index (χ4n) is 2.68. The predicted octanol–water partition coefficient (Wildman–Crippen LogP) is 5.67. The van der Waals surface area contributed by atoms with Crippen LogP contribution in [-0.2, 0) is 16.0 Å². The molecule has 158 valence electrons. The number of unbranched alkanes of at least 4 members (excludes halogenated alkanes) is 3. The Morgan fingerprint density at radius 1 is 0.929 bits per heavy atom. The van der Waals surface area contributed by atoms with E-state index in [2.05, 4.69) is 6.92 Å². The zero-order chi connectivity index (χ0) is 20.9. The summed E-state index contributed by atoms with van der Waals surface area (Å²) >= 11 is 0. The van der Waals surface area contributed by atoms with Gasteiger partial charge < -0.3 is 14.4 Å². The third-order valence-electron chi connectivity index (χ3n) is 4.23. The number of esters is 1. The van der Waals surface area contributed by atoms with Crippen LogP contribution in [0.15, 0.2) is 24.3 Å². The highest BCUT2D eigenvalue weighted by Gasteiger charge is 2.20. The molecule has 0 unspecified atom stereocenters. The highest BCUT2D eigenvalue weighted by Crippen LogP contribution is 2.16. The number of carbonyl (C=O) groups excluding carboxylic acids is 2. The average Bonchev–Trinajstić information content (AvgIpc) is 2.66. The van der Waals surface area contributed by atoms with E-state index < -0.39 is 0 Å². The van der Waals surface area contributed by atoms with Gasteiger partial charge in [-0.3, -0.25) is 0 Å². The fraction of sp³-hybridized carbons (Fsp3) is 0.652. The highest BCUT2D eigenvalue weighted by molar-refractivity contribution is 5.91. The molecular formula is C23H37NO4. The number of rotatable bonds is 12. The fourth-order valence-corrected chi connectivity index (χ4v) is 2.68. The van der Waals surface area contributed by atoms with E-state index in [1.807, 2.05) is 45.9 Å². The van der Waals surface area contributed by atoms with Crippen molar-refractivity contribution in [2.75, 3.05) is 19.8 Å². The van der Waals surface area contributed by atoms with Gasteiger partial charge in [-0.05, 0) is 29.9 Å². The zero-order valence-corrected chi connectivity index (χ0v) is 18.2. The molecule has 0 heterocycles. The van der Waals surface area contributed by atoms with Gasteiger partial charge in [0.1, 0.15) is 0 Å². The minimum absolute atomic E-state index is 0.275. The van der Waals surface area contributed by atoms with Gasteiger partial charge >= 0.3 is 12.1 Å². The number of ether oxygens (including phenoxy) is 2. The van der Waals surface area contributed by atoms with Crippen LogP contribution in [0, 0.1) is 11.8 Å². The first-order valence-electron chi connectivity index (χ1n) is 10.5. The standard InChI is InChI=1S/C23H37NO4/c1-6-7-8-11-14-24(23(26)28-17-19(4)5)15-20-12-9-10-13-21(20)22(25)27-16-18(2)3/h9-10,12-13,18-19H,6-8,11,14-17H2,1-5H3. The van der Waals surface area contributed by atoms with Crippen molar-refractivity contribution in [3.05, 3.63) is 35.4 Å². The van der Waals surface area contributed by atoms with Gasteiger partial charge in [0.15, 0.2) is 0 Å². The molecule has 0 spiro atoms. The molecule has 0 N–H and O–H groups in total. The number of hydrogen-bond acceptors (Lipinski definition) is 4. The van der Waals surface area contributed by atoms with Crippen LogP contribution in [0.5, 0.6) is 0 Å². The molecule has 1 aromatic rings. The van der Waals surface area contributed by atoms with Crippen LogP contribution in [-0.4, -0.2) is 36.7 Å². The first-order chi connectivity index (χ1) is 13.3. The topological polar surface area (TPSA) is 55.8 Å². The van der Waals surface area contributed by atoms with Gasteiger partial charge in [-0.1, -0.05) is 72.1 Å². The van der Waals surface area contributed by atoms with E-state index in [9.17, 15) is 9.59 Å². The normalized spacial score (nSPS) is 11.0. The molecule has 1 rings (SSSR count). The second-order valence-electron chi connectivity index (χ2n) is 8.10. The van der Waals surface area contributed by atoms with Crippen LogP contribution in [0.1, 0.15) is 76.2 Å². The second kappa shape index (κ2) is 13.2. The third-order valence-corrected chi connectivity index (χ3v) is 4.23. The van der Waals surface area contributed by atoms with Gasteiger partial charge in [0.05, 0.1) is 18.8 Å². The van der Waals surface area contributed by atoms with Gasteiger partial charge in [0, 0.05) is 13.1 Å². The molecule has 0 bridgehead atoms. The van der Waals surface area contributed by atoms with E-state index in [0.717, 1.165) is 31.2 Å². The number of benzene rings is 1. The van der Waals surface area contributed by atoms with E-state index in [4.69, 9.17) is 9.47 Å². The number of carbonyl (C=O) groups is 2. The minimum Gasteiger partial charge on any atom is -0.462 e. The Balaban J connectivity index is 2.87. The number of hydrogen-bond donors (Lipinski definition) is 0. The molecule has 0 aliphatic carbocycles. The van der Waals surface area contributed by atoms with Crippen molar-refractivity contribution in [1.29, 1.82) is 0 Å². The Labute approximate surface area is 170 Å². The van der Waals surface area contributed by atoms with Crippen LogP contribution in [0.3, 0.4) is 0 Å². The summed E-state index contributed by atoms with van der Waals surface area (Å²) in [5.41, 5.74) is 1.30. The molecule has 1 amide bonds. The third kappa shape index (κ3) is 9.25. The highest BCUT2D eigenvalue weighted by atomic mass is 16.6. The Morgan fingerprint density at radius 3 is 2.21 bits per heavy atom. The molecule has 1 aromatic carbocycles. The maximum Gasteiger partial charge on any atom is 0.410 e. The van der Waals surface area contributed by atoms with Crippen LogP contribution >= 0.6 is 0 Å². The monoisotopic (exact) mass is 391 g/mol. The van der Waals surface area contributed by atoms with Crippen LogP contribution in [0.2, 0.25) is 0 Å². The lowest BCUT2D eigenvalue weighted by atomic mass is 10.1. The van der Waals surface area contributed by atoms with Crippen molar-refractivity contribution in [2.45, 2.75) is 66.8 Å². The van der Waals surface area contributed by atoms with E-state index >= 15 is 0 Å². The van der Waals surface area contributed by atoms with Gasteiger partial charge in [0.25, 0.3) is 0 Å². The zero-order valence-electron chi connectivity index (χ0n) is 18.2. The molecule has 0 radical (unpaired) electrons. The molecule has 28 heavy (non-hydrogen) atoms. The molecule has 5 nitrogen and oxygen atoms in total. The van der Waals surface area contributed by atoms with Crippen LogP contribution in [0.25, 0.3) is 0 Å². The molecule has 0 fully saturated rings. The molecule has 0 aliphatic rings. The molecule has 0 aliphatic heterocycles. The van der Waals surface area contributed by atoms with Crippen molar-refractivity contribution >= 4 is 12.1 Å². The van der Waals surface area contributed by atoms with Gasteiger partial charge in [-0.15, -0.1) is 0 Å². The smallest absolute Gasteiger partial charge is 0.410 e. The predicted molar refractivity (Wildman–Crippen MR) is 112 cm³/mol. The van der Waals surface area contributed by atoms with E-state index in [-0.39, 0.29) is 23.9 Å². The molecule has 0 saturated heterocycles. The maximum absolute atomic E-state index is 12.6. The van der Waals surface area contributed by atoms with Crippen molar-refractivity contribution in [3.8, 4) is 0 Å². The SMILES string of the molecule is CCCCCCN(Cc1ccccc1C(=O)OCC(C)C)C(=O)OCC(C)C. The van der Waals surface area contributed by atoms with Gasteiger partial charge in [-0.2, -0.15) is 0 Å². The summed E-state index contributed by atoms with van der Waals surface area (Å²) in [6.45, 7) is 11.9. The second-order valence-corrected chi connectivity index (χ2v) is 8.10. The molecule has 0 aromatic heterocycles. The summed E-state index contributed by atoms with van der Waals surface area (Å²) < 4.78 is 10.8. The van der Waals surface area contributed by atoms with Crippen LogP contribution < -0.4 is 0 Å². The Hall–Kier alpha value is -2.04. The number of nitrogens with zero attached hydrogens (tertiary/aromatic N) is 1. The first-order valence-corrected chi connectivity index (χ1v) is 10.5. The van der Waals surface area contributed by atoms with Crippen molar-refractivity contribution in [3.63, 3.8) is 0 Å².